The summed E-state index contributed by atoms with van der Waals surface area (Å²) in [6.45, 7) is 6.74. The maximum Gasteiger partial charge on any atom is 0.325 e. The number of nitrogens with one attached hydrogen (secondary N) is 1. The van der Waals surface area contributed by atoms with Gasteiger partial charge in [0.05, 0.1) is 58.9 Å². The fourth-order valence-electron chi connectivity index (χ4n) is 5.87. The number of hydrogen-bond acceptors (Lipinski definition) is 9. The summed E-state index contributed by atoms with van der Waals surface area (Å²) in [4.78, 5) is 56.7. The quantitative estimate of drug-likeness (QED) is 0.232. The number of rotatable bonds is 12. The third kappa shape index (κ3) is 10.1. The minimum Gasteiger partial charge on any atom is -0.496 e. The van der Waals surface area contributed by atoms with Gasteiger partial charge in [-0.25, -0.2) is 4.79 Å². The molecule has 1 fully saturated rings. The highest BCUT2D eigenvalue weighted by molar-refractivity contribution is 6.30. The lowest BCUT2D eigenvalue weighted by molar-refractivity contribution is -0.154. The van der Waals surface area contributed by atoms with Crippen LogP contribution in [0, 0.1) is 5.92 Å². The van der Waals surface area contributed by atoms with Gasteiger partial charge in [0.25, 0.3) is 0 Å². The Balaban J connectivity index is 1.61. The van der Waals surface area contributed by atoms with E-state index in [9.17, 15) is 19.2 Å². The summed E-state index contributed by atoms with van der Waals surface area (Å²) in [6.07, 6.45) is 0.244. The maximum absolute atomic E-state index is 14.2. The number of amides is 4. The molecule has 1 saturated heterocycles. The summed E-state index contributed by atoms with van der Waals surface area (Å²) < 4.78 is 27.6. The highest BCUT2D eigenvalue weighted by Crippen LogP contribution is 2.36. The van der Waals surface area contributed by atoms with Crippen LogP contribution in [0.2, 0.25) is 5.02 Å². The van der Waals surface area contributed by atoms with Gasteiger partial charge in [0.1, 0.15) is 35.1 Å². The van der Waals surface area contributed by atoms with Gasteiger partial charge in [-0.05, 0) is 69.0 Å². The molecule has 3 aromatic rings. The molecular weight excluding hydrogens is 678 g/mol. The second-order valence-electron chi connectivity index (χ2n) is 13.2. The van der Waals surface area contributed by atoms with Crippen molar-refractivity contribution in [3.8, 4) is 23.0 Å². The van der Waals surface area contributed by atoms with E-state index in [1.807, 2.05) is 20.8 Å². The van der Waals surface area contributed by atoms with Crippen LogP contribution in [0.3, 0.4) is 0 Å². The Morgan fingerprint density at radius 3 is 2.10 bits per heavy atom. The van der Waals surface area contributed by atoms with Crippen LogP contribution in [0.25, 0.3) is 0 Å². The van der Waals surface area contributed by atoms with Crippen LogP contribution in [0.5, 0.6) is 23.0 Å². The summed E-state index contributed by atoms with van der Waals surface area (Å²) in [7, 11) is 6.04. The number of methoxy groups -OCH3 is 4. The minimum atomic E-state index is -0.841. The van der Waals surface area contributed by atoms with Crippen LogP contribution >= 0.6 is 11.6 Å². The monoisotopic (exact) mass is 723 g/mol. The molecular formula is C38H46ClN3O9. The normalized spacial score (nSPS) is 15.5. The van der Waals surface area contributed by atoms with E-state index in [4.69, 9.17) is 35.3 Å². The molecule has 1 aliphatic rings. The predicted octanol–water partition coefficient (Wildman–Crippen LogP) is 5.76. The third-order valence-corrected chi connectivity index (χ3v) is 8.65. The van der Waals surface area contributed by atoms with Crippen molar-refractivity contribution < 1.29 is 42.9 Å². The molecule has 2 atom stereocenters. The largest absolute Gasteiger partial charge is 0.496 e. The van der Waals surface area contributed by atoms with E-state index >= 15 is 0 Å². The van der Waals surface area contributed by atoms with Crippen molar-refractivity contribution in [2.24, 2.45) is 5.92 Å². The molecule has 0 aromatic heterocycles. The summed E-state index contributed by atoms with van der Waals surface area (Å²) in [5, 5.41) is 3.32. The molecule has 1 aliphatic heterocycles. The summed E-state index contributed by atoms with van der Waals surface area (Å²) >= 11 is 6.32. The van der Waals surface area contributed by atoms with Crippen molar-refractivity contribution >= 4 is 35.4 Å². The number of halogens is 1. The van der Waals surface area contributed by atoms with E-state index in [0.717, 1.165) is 16.0 Å². The van der Waals surface area contributed by atoms with Gasteiger partial charge in [-0.2, -0.15) is 0 Å². The number of hydrogen-bond donors (Lipinski definition) is 1. The number of carbonyl (C=O) groups excluding carboxylic acids is 4. The van der Waals surface area contributed by atoms with Gasteiger partial charge in [-0.1, -0.05) is 35.9 Å². The average molecular weight is 724 g/mol. The number of esters is 1. The highest BCUT2D eigenvalue weighted by atomic mass is 35.5. The van der Waals surface area contributed by atoms with Crippen LogP contribution in [-0.2, 0) is 38.5 Å². The van der Waals surface area contributed by atoms with Gasteiger partial charge in [0, 0.05) is 23.7 Å². The fourth-order valence-corrected chi connectivity index (χ4v) is 6.06. The number of benzene rings is 3. The molecule has 3 aromatic carbocycles. The van der Waals surface area contributed by atoms with E-state index < -0.39 is 42.0 Å². The van der Waals surface area contributed by atoms with Gasteiger partial charge in [0.2, 0.25) is 11.8 Å². The zero-order chi connectivity index (χ0) is 37.5. The highest BCUT2D eigenvalue weighted by Gasteiger charge is 2.39. The molecule has 0 bridgehead atoms. The van der Waals surface area contributed by atoms with E-state index in [2.05, 4.69) is 5.32 Å². The molecule has 0 radical (unpaired) electrons. The zero-order valence-electron chi connectivity index (χ0n) is 30.3. The molecule has 0 aliphatic carbocycles. The van der Waals surface area contributed by atoms with Gasteiger partial charge < -0.3 is 33.9 Å². The number of ether oxygens (including phenoxy) is 5. The molecule has 274 valence electrons. The Kier molecular flexibility index (Phi) is 12.8. The van der Waals surface area contributed by atoms with Crippen LogP contribution in [0.4, 0.5) is 4.79 Å². The molecule has 4 amide bonds. The summed E-state index contributed by atoms with van der Waals surface area (Å²) in [5.41, 5.74) is 2.13. The molecule has 1 N–H and O–H groups in total. The second kappa shape index (κ2) is 16.8. The van der Waals surface area contributed by atoms with E-state index in [0.29, 0.717) is 39.1 Å². The first kappa shape index (κ1) is 38.8. The molecule has 51 heavy (non-hydrogen) atoms. The molecule has 0 unspecified atom stereocenters. The molecule has 0 spiro atoms. The van der Waals surface area contributed by atoms with Crippen molar-refractivity contribution in [3.05, 3.63) is 81.9 Å². The van der Waals surface area contributed by atoms with Crippen LogP contribution < -0.4 is 24.3 Å². The van der Waals surface area contributed by atoms with Crippen LogP contribution in [0.1, 0.15) is 56.0 Å². The molecule has 12 nitrogen and oxygen atoms in total. The van der Waals surface area contributed by atoms with Crippen molar-refractivity contribution in [3.63, 3.8) is 0 Å². The van der Waals surface area contributed by atoms with Gasteiger partial charge in [0.15, 0.2) is 0 Å². The van der Waals surface area contributed by atoms with E-state index in [1.54, 1.807) is 61.5 Å². The van der Waals surface area contributed by atoms with Gasteiger partial charge in [-0.15, -0.1) is 0 Å². The number of urea groups is 1. The van der Waals surface area contributed by atoms with Crippen molar-refractivity contribution in [1.29, 1.82) is 0 Å². The lowest BCUT2D eigenvalue weighted by atomic mass is 9.96. The second-order valence-corrected chi connectivity index (χ2v) is 13.7. The first-order chi connectivity index (χ1) is 24.2. The Hall–Kier alpha value is -4.97. The maximum atomic E-state index is 14.2. The molecule has 0 saturated carbocycles. The fraction of sp³-hybridized carbons (Fsp3) is 0.421. The molecule has 1 heterocycles. The van der Waals surface area contributed by atoms with Crippen molar-refractivity contribution in [2.45, 2.75) is 58.7 Å². The average Bonchev–Trinajstić information content (AvgIpc) is 3.19. The summed E-state index contributed by atoms with van der Waals surface area (Å²) in [5.74, 6) is -0.266. The van der Waals surface area contributed by atoms with Gasteiger partial charge >= 0.3 is 12.0 Å². The predicted molar refractivity (Wildman–Crippen MR) is 191 cm³/mol. The van der Waals surface area contributed by atoms with Crippen LogP contribution in [0.15, 0.2) is 54.6 Å². The number of carbonyl (C=O) groups is 4. The summed E-state index contributed by atoms with van der Waals surface area (Å²) in [6, 6.07) is 14.4. The Bertz CT molecular complexity index is 1710. The van der Waals surface area contributed by atoms with Gasteiger partial charge in [-0.3, -0.25) is 19.3 Å². The van der Waals surface area contributed by atoms with E-state index in [-0.39, 0.29) is 31.9 Å². The first-order valence-corrected chi connectivity index (χ1v) is 16.9. The smallest absolute Gasteiger partial charge is 0.325 e. The SMILES string of the molecule is COc1cc(OC)c(CN2C[C@@H](Cc3cc(Cl)ccc3OC)C(=O)N(C(=O)N[C@H](C)c3ccc(CC(=O)OC(C)(C)C)cc3)CC2=O)c(OC)c1. The Morgan fingerprint density at radius 2 is 1.53 bits per heavy atom. The van der Waals surface area contributed by atoms with E-state index in [1.165, 1.54) is 33.3 Å². The van der Waals surface area contributed by atoms with Crippen molar-refractivity contribution in [1.82, 2.24) is 15.1 Å². The topological polar surface area (TPSA) is 133 Å². The number of nitrogens with zero attached hydrogens (tertiary/aromatic N) is 2. The Labute approximate surface area is 303 Å². The first-order valence-electron chi connectivity index (χ1n) is 16.5. The third-order valence-electron chi connectivity index (χ3n) is 8.41. The molecule has 4 rings (SSSR count). The standard InChI is InChI=1S/C38H46ClN3O9/c1-23(25-11-9-24(10-12-25)15-35(44)51-38(2,3)4)40-37(46)42-22-34(43)41(21-30-32(49-7)18-29(47-5)19-33(30)50-8)20-27(36(42)45)16-26-17-28(39)13-14-31(26)48-6/h9-14,17-19,23,27H,15-16,20-22H2,1-8H3,(H,40,46)/t23-,27-/m1/s1. The van der Waals surface area contributed by atoms with Crippen LogP contribution in [-0.4, -0.2) is 80.7 Å². The molecule has 13 heteroatoms. The minimum absolute atomic E-state index is 0.00981. The lowest BCUT2D eigenvalue weighted by Gasteiger charge is -2.26. The van der Waals surface area contributed by atoms with Crippen molar-refractivity contribution in [2.75, 3.05) is 41.5 Å². The zero-order valence-corrected chi connectivity index (χ0v) is 31.1. The number of imide groups is 1. The lowest BCUT2D eigenvalue weighted by Crippen LogP contribution is -2.48. The Morgan fingerprint density at radius 1 is 0.902 bits per heavy atom.